The Hall–Kier alpha value is -12.3. The molecule has 498 valence electrons. The average Bonchev–Trinajstić information content (AvgIpc) is 1.61. The van der Waals surface area contributed by atoms with E-state index in [1.165, 1.54) is 10.9 Å². The normalized spacial score (nSPS) is 11.3. The van der Waals surface area contributed by atoms with Crippen molar-refractivity contribution in [2.24, 2.45) is 0 Å². The van der Waals surface area contributed by atoms with Crippen LogP contribution in [0.5, 0.6) is 0 Å². The van der Waals surface area contributed by atoms with Crippen LogP contribution < -0.4 is 21.9 Å². The lowest BCUT2D eigenvalue weighted by Gasteiger charge is -2.12. The number of para-hydroxylation sites is 9. The Bertz CT molecular complexity index is 6340. The molecule has 0 aliphatic heterocycles. The van der Waals surface area contributed by atoms with Gasteiger partial charge in [0.2, 0.25) is 0 Å². The molecule has 0 bridgehead atoms. The molecular formula is C88H66B4N4O8. The highest BCUT2D eigenvalue weighted by molar-refractivity contribution is 6.64. The molecule has 0 aliphatic carbocycles. The van der Waals surface area contributed by atoms with E-state index >= 15 is 0 Å². The van der Waals surface area contributed by atoms with Gasteiger partial charge in [-0.05, 0) is 106 Å². The quantitative estimate of drug-likeness (QED) is 0.0623. The van der Waals surface area contributed by atoms with Crippen LogP contribution in [0, 0.1) is 0 Å². The van der Waals surface area contributed by atoms with E-state index < -0.39 is 28.5 Å². The molecule has 0 amide bonds. The van der Waals surface area contributed by atoms with E-state index in [4.69, 9.17) is 0 Å². The highest BCUT2D eigenvalue weighted by Gasteiger charge is 2.26. The van der Waals surface area contributed by atoms with Gasteiger partial charge < -0.3 is 58.5 Å². The first-order chi connectivity index (χ1) is 51.0. The van der Waals surface area contributed by atoms with Crippen molar-refractivity contribution in [2.75, 3.05) is 0 Å². The summed E-state index contributed by atoms with van der Waals surface area (Å²) in [4.78, 5) is 0. The smallest absolute Gasteiger partial charge is 0.423 e. The summed E-state index contributed by atoms with van der Waals surface area (Å²) >= 11 is 0. The molecule has 0 saturated carbocycles. The third kappa shape index (κ3) is 12.3. The van der Waals surface area contributed by atoms with Crippen LogP contribution in [0.25, 0.3) is 143 Å². The topological polar surface area (TPSA) is 182 Å². The Kier molecular flexibility index (Phi) is 18.2. The van der Waals surface area contributed by atoms with E-state index in [0.29, 0.717) is 21.9 Å². The van der Waals surface area contributed by atoms with Gasteiger partial charge in [0, 0.05) is 87.7 Å². The maximum atomic E-state index is 9.99. The van der Waals surface area contributed by atoms with E-state index in [1.807, 2.05) is 182 Å². The zero-order chi connectivity index (χ0) is 71.0. The van der Waals surface area contributed by atoms with Crippen molar-refractivity contribution >= 4 is 148 Å². The number of benzene rings is 15. The van der Waals surface area contributed by atoms with Crippen LogP contribution in [0.3, 0.4) is 0 Å². The Morgan fingerprint density at radius 1 is 0.173 bits per heavy atom. The zero-order valence-electron chi connectivity index (χ0n) is 56.2. The van der Waals surface area contributed by atoms with Gasteiger partial charge in [-0.25, -0.2) is 0 Å². The van der Waals surface area contributed by atoms with Gasteiger partial charge in [0.25, 0.3) is 0 Å². The summed E-state index contributed by atoms with van der Waals surface area (Å²) in [5.41, 5.74) is 18.1. The minimum absolute atomic E-state index is 0.499. The molecule has 0 saturated heterocycles. The van der Waals surface area contributed by atoms with Gasteiger partial charge in [0.15, 0.2) is 0 Å². The molecule has 0 unspecified atom stereocenters. The molecule has 0 atom stereocenters. The molecule has 19 aromatic rings. The zero-order valence-corrected chi connectivity index (χ0v) is 56.2. The third-order valence-corrected chi connectivity index (χ3v) is 19.5. The van der Waals surface area contributed by atoms with E-state index in [1.54, 1.807) is 24.3 Å². The molecule has 8 N–H and O–H groups in total. The number of hydrogen-bond donors (Lipinski definition) is 8. The van der Waals surface area contributed by atoms with Crippen LogP contribution in [-0.2, 0) is 0 Å². The number of aromatic nitrogens is 4. The lowest BCUT2D eigenvalue weighted by atomic mass is 9.79. The van der Waals surface area contributed by atoms with Crippen molar-refractivity contribution in [3.05, 3.63) is 352 Å². The monoisotopic (exact) mass is 1350 g/mol. The van der Waals surface area contributed by atoms with Crippen LogP contribution in [0.2, 0.25) is 0 Å². The van der Waals surface area contributed by atoms with E-state index in [2.05, 4.69) is 164 Å². The van der Waals surface area contributed by atoms with Gasteiger partial charge in [-0.15, -0.1) is 0 Å². The summed E-state index contributed by atoms with van der Waals surface area (Å²) < 4.78 is 8.42. The maximum absolute atomic E-state index is 9.99. The Balaban J connectivity index is 0.000000107. The summed E-state index contributed by atoms with van der Waals surface area (Å²) in [6.45, 7) is 0. The highest BCUT2D eigenvalue weighted by atomic mass is 16.4. The second kappa shape index (κ2) is 28.6. The number of nitrogens with zero attached hydrogens (tertiary/aromatic N) is 4. The lowest BCUT2D eigenvalue weighted by molar-refractivity contribution is 0.425. The molecule has 104 heavy (non-hydrogen) atoms. The predicted molar refractivity (Wildman–Crippen MR) is 431 cm³/mol. The Morgan fingerprint density at radius 2 is 0.433 bits per heavy atom. The van der Waals surface area contributed by atoms with Crippen LogP contribution in [-0.4, -0.2) is 86.9 Å². The standard InChI is InChI=1S/2C24H18BNO2.C22H16BNO2.C18H14BNO2/c27-25(28)22-14-7-13-21-20-12-4-5-15-23(20)26(24(21)22)19-11-6-10-18(16-19)17-8-2-1-3-9-17;27-25(28)22-11-6-10-21-20-9-4-5-12-23(20)26(24(21)22)19-15-13-18(14-16-19)17-7-2-1-3-8-17;25-23(26)20-10-5-9-19-18-8-3-4-11-21(18)24(22(19)20)17-13-12-15-6-1-2-7-16(15)14-17;21-19(22)16-11-6-10-15-14-9-4-5-12-17(14)20(18(15)16)13-7-2-1-3-8-13/h2*1-16,27-28H;1-14,25-26H;1-12,21-22H. The van der Waals surface area contributed by atoms with E-state index in [-0.39, 0.29) is 0 Å². The van der Waals surface area contributed by atoms with Gasteiger partial charge >= 0.3 is 28.5 Å². The fraction of sp³-hybridized carbons (Fsp3) is 0. The molecular weight excluding hydrogens is 1280 g/mol. The van der Waals surface area contributed by atoms with Crippen LogP contribution >= 0.6 is 0 Å². The highest BCUT2D eigenvalue weighted by Crippen LogP contribution is 2.37. The fourth-order valence-corrected chi connectivity index (χ4v) is 14.9. The van der Waals surface area contributed by atoms with Crippen molar-refractivity contribution in [3.8, 4) is 45.0 Å². The number of rotatable bonds is 10. The van der Waals surface area contributed by atoms with Gasteiger partial charge in [0.05, 0.1) is 44.1 Å². The average molecular weight is 1350 g/mol. The van der Waals surface area contributed by atoms with Gasteiger partial charge in [-0.3, -0.25) is 0 Å². The van der Waals surface area contributed by atoms with Gasteiger partial charge in [-0.2, -0.15) is 0 Å². The maximum Gasteiger partial charge on any atom is 0.490 e. The van der Waals surface area contributed by atoms with E-state index in [0.717, 1.165) is 132 Å². The van der Waals surface area contributed by atoms with Crippen molar-refractivity contribution in [2.45, 2.75) is 0 Å². The molecule has 12 nitrogen and oxygen atoms in total. The van der Waals surface area contributed by atoms with Gasteiger partial charge in [-0.1, -0.05) is 279 Å². The second-order valence-corrected chi connectivity index (χ2v) is 25.6. The summed E-state index contributed by atoms with van der Waals surface area (Å²) in [5.74, 6) is 0. The molecule has 4 heterocycles. The first-order valence-corrected chi connectivity index (χ1v) is 34.4. The van der Waals surface area contributed by atoms with Crippen molar-refractivity contribution < 1.29 is 40.2 Å². The minimum Gasteiger partial charge on any atom is -0.423 e. The lowest BCUT2D eigenvalue weighted by Crippen LogP contribution is -2.31. The largest absolute Gasteiger partial charge is 0.490 e. The molecule has 19 rings (SSSR count). The molecule has 0 spiro atoms. The van der Waals surface area contributed by atoms with Crippen molar-refractivity contribution in [1.29, 1.82) is 0 Å². The third-order valence-electron chi connectivity index (χ3n) is 19.5. The first-order valence-electron chi connectivity index (χ1n) is 34.4. The molecule has 0 radical (unpaired) electrons. The second-order valence-electron chi connectivity index (χ2n) is 25.6. The summed E-state index contributed by atoms with van der Waals surface area (Å²) in [5, 5.41) is 90.0. The van der Waals surface area contributed by atoms with E-state index in [9.17, 15) is 40.2 Å². The van der Waals surface area contributed by atoms with Crippen LogP contribution in [0.15, 0.2) is 352 Å². The number of hydrogen-bond acceptors (Lipinski definition) is 8. The summed E-state index contributed by atoms with van der Waals surface area (Å²) in [6, 6.07) is 117. The molecule has 0 aliphatic rings. The van der Waals surface area contributed by atoms with Gasteiger partial charge in [0.1, 0.15) is 0 Å². The van der Waals surface area contributed by atoms with Crippen molar-refractivity contribution in [3.63, 3.8) is 0 Å². The predicted octanol–water partition coefficient (Wildman–Crippen LogP) is 14.3. The molecule has 15 aromatic carbocycles. The SMILES string of the molecule is OB(O)c1cccc2c3ccccc3n(-c3ccc(-c4ccccc4)cc3)c12.OB(O)c1cccc2c3ccccc3n(-c3ccc4ccccc4c3)c12.OB(O)c1cccc2c3ccccc3n(-c3cccc(-c4ccccc4)c3)c12.OB(O)c1cccc2c3ccccc3n(-c3ccccc3)c12. The molecule has 0 fully saturated rings. The van der Waals surface area contributed by atoms with Crippen LogP contribution in [0.4, 0.5) is 0 Å². The Morgan fingerprint density at radius 3 is 0.827 bits per heavy atom. The number of fused-ring (bicyclic) bond motifs is 13. The Labute approximate surface area is 600 Å². The summed E-state index contributed by atoms with van der Waals surface area (Å²) in [6.07, 6.45) is 0. The molecule has 16 heteroatoms. The molecule has 4 aromatic heterocycles. The fourth-order valence-electron chi connectivity index (χ4n) is 14.9. The first kappa shape index (κ1) is 66.3. The summed E-state index contributed by atoms with van der Waals surface area (Å²) in [7, 11) is -6.10. The minimum atomic E-state index is -1.54. The van der Waals surface area contributed by atoms with Crippen molar-refractivity contribution in [1.82, 2.24) is 18.3 Å². The van der Waals surface area contributed by atoms with Crippen LogP contribution in [0.1, 0.15) is 0 Å².